The molecule has 0 spiro atoms. The van der Waals surface area contributed by atoms with Gasteiger partial charge in [0.2, 0.25) is 0 Å². The average Bonchev–Trinajstić information content (AvgIpc) is 2.33. The minimum atomic E-state index is 0.159. The number of thioether (sulfide) groups is 1. The Hall–Kier alpha value is -0.510. The van der Waals surface area contributed by atoms with Gasteiger partial charge in [0.1, 0.15) is 0 Å². The summed E-state index contributed by atoms with van der Waals surface area (Å²) in [6, 6.07) is 6.83. The molecule has 1 heterocycles. The summed E-state index contributed by atoms with van der Waals surface area (Å²) in [5.74, 6) is 1.24. The van der Waals surface area contributed by atoms with Crippen LogP contribution in [0.5, 0.6) is 0 Å². The van der Waals surface area contributed by atoms with Gasteiger partial charge >= 0.3 is 0 Å². The molecule has 1 unspecified atom stereocenters. The fourth-order valence-electron chi connectivity index (χ4n) is 3.02. The number of rotatable bonds is 4. The van der Waals surface area contributed by atoms with Crippen molar-refractivity contribution in [1.82, 2.24) is 4.90 Å². The Bertz CT molecular complexity index is 436. The lowest BCUT2D eigenvalue weighted by atomic mass is 9.99. The minimum Gasteiger partial charge on any atom is -0.324 e. The van der Waals surface area contributed by atoms with Gasteiger partial charge in [-0.1, -0.05) is 29.3 Å². The minimum absolute atomic E-state index is 0.159. The molecule has 1 saturated heterocycles. The predicted octanol–water partition coefficient (Wildman–Crippen LogP) is 3.52. The van der Waals surface area contributed by atoms with Crippen molar-refractivity contribution in [3.8, 4) is 0 Å². The van der Waals surface area contributed by atoms with Gasteiger partial charge in [-0.2, -0.15) is 11.8 Å². The normalized spacial score (nSPS) is 20.9. The van der Waals surface area contributed by atoms with E-state index >= 15 is 0 Å². The fraction of sp³-hybridized carbons (Fsp3) is 0.647. The van der Waals surface area contributed by atoms with Gasteiger partial charge in [0.15, 0.2) is 0 Å². The van der Waals surface area contributed by atoms with Crippen LogP contribution >= 0.6 is 11.8 Å². The highest BCUT2D eigenvalue weighted by molar-refractivity contribution is 8.00. The van der Waals surface area contributed by atoms with Crippen LogP contribution in [0.3, 0.4) is 0 Å². The Balaban J connectivity index is 1.90. The molecule has 1 aliphatic heterocycles. The van der Waals surface area contributed by atoms with Crippen LogP contribution in [0, 0.1) is 13.8 Å². The van der Waals surface area contributed by atoms with Crippen LogP contribution in [0.2, 0.25) is 0 Å². The van der Waals surface area contributed by atoms with Crippen molar-refractivity contribution in [1.29, 1.82) is 0 Å². The van der Waals surface area contributed by atoms with E-state index in [1.165, 1.54) is 35.5 Å². The van der Waals surface area contributed by atoms with E-state index in [0.29, 0.717) is 4.75 Å². The lowest BCUT2D eigenvalue weighted by Crippen LogP contribution is -2.43. The summed E-state index contributed by atoms with van der Waals surface area (Å²) in [6.45, 7) is 12.5. The summed E-state index contributed by atoms with van der Waals surface area (Å²) >= 11 is 2.09. The molecule has 0 saturated carbocycles. The van der Waals surface area contributed by atoms with Crippen molar-refractivity contribution in [3.63, 3.8) is 0 Å². The zero-order chi connectivity index (χ0) is 14.8. The maximum atomic E-state index is 6.39. The van der Waals surface area contributed by atoms with Gasteiger partial charge in [0, 0.05) is 36.2 Å². The van der Waals surface area contributed by atoms with Crippen LogP contribution < -0.4 is 5.73 Å². The first-order chi connectivity index (χ1) is 9.35. The molecule has 0 aliphatic carbocycles. The van der Waals surface area contributed by atoms with Crippen molar-refractivity contribution in [3.05, 3.63) is 34.9 Å². The van der Waals surface area contributed by atoms with Crippen molar-refractivity contribution < 1.29 is 0 Å². The highest BCUT2D eigenvalue weighted by Crippen LogP contribution is 2.30. The summed E-state index contributed by atoms with van der Waals surface area (Å²) in [7, 11) is 0. The zero-order valence-electron chi connectivity index (χ0n) is 13.3. The highest BCUT2D eigenvalue weighted by Gasteiger charge is 2.26. The second-order valence-electron chi connectivity index (χ2n) is 6.70. The molecule has 1 aliphatic rings. The van der Waals surface area contributed by atoms with E-state index in [2.05, 4.69) is 62.6 Å². The Morgan fingerprint density at radius 3 is 2.50 bits per heavy atom. The Kier molecular flexibility index (Phi) is 5.16. The Morgan fingerprint density at radius 2 is 1.90 bits per heavy atom. The number of aryl methyl sites for hydroxylation is 2. The van der Waals surface area contributed by atoms with Crippen LogP contribution in [0.1, 0.15) is 43.0 Å². The molecule has 112 valence electrons. The molecule has 20 heavy (non-hydrogen) atoms. The first kappa shape index (κ1) is 15.9. The SMILES string of the molecule is Cc1cc(C)cc(C(N)CCN2CCSC(C)(C)C2)c1. The maximum absolute atomic E-state index is 6.39. The number of hydrogen-bond donors (Lipinski definition) is 1. The number of hydrogen-bond acceptors (Lipinski definition) is 3. The second-order valence-corrected chi connectivity index (χ2v) is 8.50. The third kappa shape index (κ3) is 4.51. The summed E-state index contributed by atoms with van der Waals surface area (Å²) < 4.78 is 0.391. The monoisotopic (exact) mass is 292 g/mol. The Labute approximate surface area is 128 Å². The molecule has 3 heteroatoms. The molecule has 0 aromatic heterocycles. The molecule has 1 aromatic rings. The molecule has 0 radical (unpaired) electrons. The van der Waals surface area contributed by atoms with E-state index in [4.69, 9.17) is 5.73 Å². The molecule has 2 N–H and O–H groups in total. The number of nitrogens with two attached hydrogens (primary N) is 1. The second kappa shape index (κ2) is 6.50. The molecular weight excluding hydrogens is 264 g/mol. The van der Waals surface area contributed by atoms with Crippen molar-refractivity contribution in [2.45, 2.75) is 44.9 Å². The first-order valence-electron chi connectivity index (χ1n) is 7.56. The lowest BCUT2D eigenvalue weighted by molar-refractivity contribution is 0.251. The fourth-order valence-corrected chi connectivity index (χ4v) is 4.19. The maximum Gasteiger partial charge on any atom is 0.0307 e. The van der Waals surface area contributed by atoms with E-state index in [1.807, 2.05) is 0 Å². The van der Waals surface area contributed by atoms with Gasteiger partial charge in [0.05, 0.1) is 0 Å². The van der Waals surface area contributed by atoms with Crippen LogP contribution in [0.4, 0.5) is 0 Å². The van der Waals surface area contributed by atoms with Crippen molar-refractivity contribution in [2.75, 3.05) is 25.4 Å². The van der Waals surface area contributed by atoms with Gasteiger partial charge in [-0.15, -0.1) is 0 Å². The summed E-state index contributed by atoms with van der Waals surface area (Å²) in [5, 5.41) is 0. The van der Waals surface area contributed by atoms with E-state index in [-0.39, 0.29) is 6.04 Å². The number of nitrogens with zero attached hydrogens (tertiary/aromatic N) is 1. The molecule has 1 aromatic carbocycles. The van der Waals surface area contributed by atoms with E-state index in [0.717, 1.165) is 13.0 Å². The lowest BCUT2D eigenvalue weighted by Gasteiger charge is -2.38. The molecule has 2 nitrogen and oxygen atoms in total. The summed E-state index contributed by atoms with van der Waals surface area (Å²) in [4.78, 5) is 2.57. The quantitative estimate of drug-likeness (QED) is 0.920. The Morgan fingerprint density at radius 1 is 1.25 bits per heavy atom. The molecular formula is C17H28N2S. The standard InChI is InChI=1S/C17H28N2S/c1-13-9-14(2)11-15(10-13)16(18)5-6-19-7-8-20-17(3,4)12-19/h9-11,16H,5-8,12,18H2,1-4H3. The predicted molar refractivity (Wildman–Crippen MR) is 90.4 cm³/mol. The van der Waals surface area contributed by atoms with Gasteiger partial charge in [-0.3, -0.25) is 0 Å². The van der Waals surface area contributed by atoms with E-state index in [1.54, 1.807) is 0 Å². The van der Waals surface area contributed by atoms with Gasteiger partial charge in [0.25, 0.3) is 0 Å². The van der Waals surface area contributed by atoms with E-state index in [9.17, 15) is 0 Å². The van der Waals surface area contributed by atoms with Gasteiger partial charge < -0.3 is 10.6 Å². The molecule has 1 fully saturated rings. The van der Waals surface area contributed by atoms with E-state index < -0.39 is 0 Å². The molecule has 2 rings (SSSR count). The summed E-state index contributed by atoms with van der Waals surface area (Å²) in [5.41, 5.74) is 10.3. The average molecular weight is 292 g/mol. The van der Waals surface area contributed by atoms with Gasteiger partial charge in [-0.05, 0) is 39.7 Å². The van der Waals surface area contributed by atoms with Crippen LogP contribution in [0.15, 0.2) is 18.2 Å². The number of benzene rings is 1. The largest absolute Gasteiger partial charge is 0.324 e. The summed E-state index contributed by atoms with van der Waals surface area (Å²) in [6.07, 6.45) is 1.05. The van der Waals surface area contributed by atoms with Crippen LogP contribution in [-0.2, 0) is 0 Å². The van der Waals surface area contributed by atoms with Crippen LogP contribution in [-0.4, -0.2) is 35.0 Å². The zero-order valence-corrected chi connectivity index (χ0v) is 14.1. The van der Waals surface area contributed by atoms with Crippen LogP contribution in [0.25, 0.3) is 0 Å². The highest BCUT2D eigenvalue weighted by atomic mass is 32.2. The third-order valence-corrected chi connectivity index (χ3v) is 5.23. The molecule has 0 amide bonds. The molecule has 0 bridgehead atoms. The third-order valence-electron chi connectivity index (χ3n) is 3.93. The van der Waals surface area contributed by atoms with Crippen molar-refractivity contribution >= 4 is 11.8 Å². The first-order valence-corrected chi connectivity index (χ1v) is 8.54. The topological polar surface area (TPSA) is 29.3 Å². The van der Waals surface area contributed by atoms with Gasteiger partial charge in [-0.25, -0.2) is 0 Å². The van der Waals surface area contributed by atoms with Crippen molar-refractivity contribution in [2.24, 2.45) is 5.73 Å². The smallest absolute Gasteiger partial charge is 0.0307 e. The molecule has 1 atom stereocenters.